The number of nitrogens with zero attached hydrogens (tertiary/aromatic N) is 1. The molecule has 2 aromatic carbocycles. The first kappa shape index (κ1) is 16.7. The molecule has 2 N–H and O–H groups in total. The molecule has 1 aliphatic rings. The molecule has 0 fully saturated rings. The van der Waals surface area contributed by atoms with Gasteiger partial charge in [-0.3, -0.25) is 9.59 Å². The Bertz CT molecular complexity index is 1010. The van der Waals surface area contributed by atoms with E-state index in [0.29, 0.717) is 23.2 Å². The third-order valence-electron chi connectivity index (χ3n) is 3.79. The minimum Gasteiger partial charge on any atom is -0.326 e. The Balaban J connectivity index is 1.83. The quantitative estimate of drug-likeness (QED) is 0.867. The lowest BCUT2D eigenvalue weighted by molar-refractivity contribution is -0.116. The smallest absolute Gasteiger partial charge is 0.264 e. The van der Waals surface area contributed by atoms with E-state index in [1.54, 1.807) is 0 Å². The predicted octanol–water partition coefficient (Wildman–Crippen LogP) is 1.56. The fourth-order valence-electron chi connectivity index (χ4n) is 2.46. The predicted molar refractivity (Wildman–Crippen MR) is 89.2 cm³/mol. The fourth-order valence-corrected chi connectivity index (χ4v) is 3.49. The average molecular weight is 355 g/mol. The van der Waals surface area contributed by atoms with Gasteiger partial charge in [-0.25, -0.2) is 13.1 Å². The van der Waals surface area contributed by atoms with Crippen LogP contribution in [0.15, 0.2) is 47.4 Å². The molecule has 2 amide bonds. The normalized spacial score (nSPS) is 13.3. The first-order chi connectivity index (χ1) is 11.9. The van der Waals surface area contributed by atoms with E-state index in [0.717, 1.165) is 0 Å². The number of anilines is 1. The maximum Gasteiger partial charge on any atom is 0.264 e. The molecule has 0 aliphatic carbocycles. The molecule has 0 unspecified atom stereocenters. The summed E-state index contributed by atoms with van der Waals surface area (Å²) in [4.78, 5) is 23.4. The van der Waals surface area contributed by atoms with Gasteiger partial charge in [-0.2, -0.15) is 5.26 Å². The van der Waals surface area contributed by atoms with Crippen molar-refractivity contribution in [2.75, 3.05) is 5.32 Å². The number of amides is 2. The Morgan fingerprint density at radius 3 is 2.52 bits per heavy atom. The zero-order valence-electron chi connectivity index (χ0n) is 12.9. The summed E-state index contributed by atoms with van der Waals surface area (Å²) in [5.41, 5.74) is 1.78. The minimum absolute atomic E-state index is 0.0515. The second-order valence-electron chi connectivity index (χ2n) is 5.49. The molecular weight excluding hydrogens is 342 g/mol. The van der Waals surface area contributed by atoms with Gasteiger partial charge < -0.3 is 5.32 Å². The maximum absolute atomic E-state index is 12.4. The van der Waals surface area contributed by atoms with E-state index >= 15 is 0 Å². The Hall–Kier alpha value is -3.18. The molecule has 3 rings (SSSR count). The molecule has 0 aromatic heterocycles. The van der Waals surface area contributed by atoms with Crippen molar-refractivity contribution >= 4 is 27.5 Å². The molecule has 7 nitrogen and oxygen atoms in total. The number of nitriles is 1. The molecule has 8 heteroatoms. The van der Waals surface area contributed by atoms with Crippen LogP contribution >= 0.6 is 0 Å². The Kier molecular flexibility index (Phi) is 4.25. The highest BCUT2D eigenvalue weighted by Gasteiger charge is 2.22. The molecular formula is C17H13N3O4S. The topological polar surface area (TPSA) is 116 Å². The lowest BCUT2D eigenvalue weighted by Crippen LogP contribution is -2.30. The number of benzene rings is 2. The lowest BCUT2D eigenvalue weighted by Gasteiger charge is -2.17. The van der Waals surface area contributed by atoms with Crippen molar-refractivity contribution in [2.24, 2.45) is 0 Å². The van der Waals surface area contributed by atoms with Crippen LogP contribution in [0.2, 0.25) is 0 Å². The van der Waals surface area contributed by atoms with Crippen LogP contribution in [0.1, 0.15) is 27.9 Å². The summed E-state index contributed by atoms with van der Waals surface area (Å²) in [7, 11) is -4.05. The van der Waals surface area contributed by atoms with Gasteiger partial charge in [0.1, 0.15) is 0 Å². The van der Waals surface area contributed by atoms with Gasteiger partial charge in [0, 0.05) is 17.7 Å². The number of carbonyl (C=O) groups excluding carboxylic acids is 2. The largest absolute Gasteiger partial charge is 0.326 e. The van der Waals surface area contributed by atoms with Crippen LogP contribution in [0.4, 0.5) is 5.69 Å². The fraction of sp³-hybridized carbons (Fsp3) is 0.118. The summed E-state index contributed by atoms with van der Waals surface area (Å²) in [5.74, 6) is -0.896. The lowest BCUT2D eigenvalue weighted by atomic mass is 10.0. The van der Waals surface area contributed by atoms with Gasteiger partial charge in [0.05, 0.1) is 16.5 Å². The Labute approximate surface area is 144 Å². The molecule has 0 saturated heterocycles. The zero-order valence-corrected chi connectivity index (χ0v) is 13.8. The van der Waals surface area contributed by atoms with Gasteiger partial charge in [-0.1, -0.05) is 0 Å². The van der Waals surface area contributed by atoms with Crippen LogP contribution in [0.5, 0.6) is 0 Å². The van der Waals surface area contributed by atoms with Crippen LogP contribution in [0.3, 0.4) is 0 Å². The average Bonchev–Trinajstić information content (AvgIpc) is 2.60. The molecule has 0 saturated carbocycles. The van der Waals surface area contributed by atoms with Crippen LogP contribution in [0.25, 0.3) is 0 Å². The Morgan fingerprint density at radius 2 is 1.84 bits per heavy atom. The van der Waals surface area contributed by atoms with Crippen LogP contribution in [-0.4, -0.2) is 20.2 Å². The SMILES string of the molecule is N#Cc1ccc(C(=O)NS(=O)(=O)c2ccc3c(c2)CCC(=O)N3)cc1. The van der Waals surface area contributed by atoms with Crippen LogP contribution in [-0.2, 0) is 21.2 Å². The van der Waals surface area contributed by atoms with Crippen molar-refractivity contribution in [2.45, 2.75) is 17.7 Å². The van der Waals surface area contributed by atoms with Crippen molar-refractivity contribution in [3.05, 3.63) is 59.2 Å². The number of hydrogen-bond acceptors (Lipinski definition) is 5. The van der Waals surface area contributed by atoms with E-state index in [1.165, 1.54) is 42.5 Å². The molecule has 1 aliphatic heterocycles. The van der Waals surface area contributed by atoms with Crippen LogP contribution < -0.4 is 10.0 Å². The number of carbonyl (C=O) groups is 2. The van der Waals surface area contributed by atoms with Crippen molar-refractivity contribution in [3.63, 3.8) is 0 Å². The van der Waals surface area contributed by atoms with Crippen molar-refractivity contribution in [1.82, 2.24) is 4.72 Å². The molecule has 1 heterocycles. The van der Waals surface area contributed by atoms with E-state index in [9.17, 15) is 18.0 Å². The summed E-state index contributed by atoms with van der Waals surface area (Å²) in [6, 6.07) is 11.8. The molecule has 0 radical (unpaired) electrons. The highest BCUT2D eigenvalue weighted by molar-refractivity contribution is 7.90. The summed E-state index contributed by atoms with van der Waals surface area (Å²) < 4.78 is 26.8. The van der Waals surface area contributed by atoms with Crippen molar-refractivity contribution in [1.29, 1.82) is 5.26 Å². The second kappa shape index (κ2) is 6.37. The van der Waals surface area contributed by atoms with Gasteiger partial charge >= 0.3 is 0 Å². The van der Waals surface area contributed by atoms with E-state index in [1.807, 2.05) is 10.8 Å². The maximum atomic E-state index is 12.4. The van der Waals surface area contributed by atoms with Gasteiger partial charge in [0.2, 0.25) is 5.91 Å². The van der Waals surface area contributed by atoms with Crippen molar-refractivity contribution < 1.29 is 18.0 Å². The first-order valence-electron chi connectivity index (χ1n) is 7.39. The minimum atomic E-state index is -4.05. The van der Waals surface area contributed by atoms with Gasteiger partial charge in [-0.05, 0) is 54.4 Å². The number of fused-ring (bicyclic) bond motifs is 1. The molecule has 0 spiro atoms. The molecule has 25 heavy (non-hydrogen) atoms. The number of rotatable bonds is 3. The monoisotopic (exact) mass is 355 g/mol. The van der Waals surface area contributed by atoms with Crippen molar-refractivity contribution in [3.8, 4) is 6.07 Å². The standard InChI is InChI=1S/C17H13N3O4S/c18-10-11-1-3-12(4-2-11)17(22)20-25(23,24)14-6-7-15-13(9-14)5-8-16(21)19-15/h1-4,6-7,9H,5,8H2,(H,19,21)(H,20,22). The van der Waals surface area contributed by atoms with Gasteiger partial charge in [0.15, 0.2) is 0 Å². The summed E-state index contributed by atoms with van der Waals surface area (Å²) in [5, 5.41) is 11.4. The Morgan fingerprint density at radius 1 is 1.12 bits per heavy atom. The van der Waals surface area contributed by atoms with Gasteiger partial charge in [-0.15, -0.1) is 0 Å². The molecule has 126 valence electrons. The van der Waals surface area contributed by atoms with E-state index < -0.39 is 15.9 Å². The van der Waals surface area contributed by atoms with E-state index in [4.69, 9.17) is 5.26 Å². The molecule has 2 aromatic rings. The second-order valence-corrected chi connectivity index (χ2v) is 7.17. The number of nitrogens with one attached hydrogen (secondary N) is 2. The number of hydrogen-bond donors (Lipinski definition) is 2. The van der Waals surface area contributed by atoms with E-state index in [-0.39, 0.29) is 22.8 Å². The molecule has 0 bridgehead atoms. The first-order valence-corrected chi connectivity index (χ1v) is 8.87. The zero-order chi connectivity index (χ0) is 18.0. The van der Waals surface area contributed by atoms with Gasteiger partial charge in [0.25, 0.3) is 15.9 Å². The number of sulfonamides is 1. The van der Waals surface area contributed by atoms with Crippen LogP contribution in [0, 0.1) is 11.3 Å². The number of aryl methyl sites for hydroxylation is 1. The molecule has 0 atom stereocenters. The summed E-state index contributed by atoms with van der Waals surface area (Å²) >= 11 is 0. The summed E-state index contributed by atoms with van der Waals surface area (Å²) in [6.07, 6.45) is 0.724. The highest BCUT2D eigenvalue weighted by Crippen LogP contribution is 2.25. The third kappa shape index (κ3) is 3.51. The van der Waals surface area contributed by atoms with E-state index in [2.05, 4.69) is 5.32 Å². The third-order valence-corrected chi connectivity index (χ3v) is 5.11. The highest BCUT2D eigenvalue weighted by atomic mass is 32.2. The summed E-state index contributed by atoms with van der Waals surface area (Å²) in [6.45, 7) is 0.